The van der Waals surface area contributed by atoms with E-state index in [2.05, 4.69) is 36.7 Å². The van der Waals surface area contributed by atoms with E-state index in [1.807, 2.05) is 24.3 Å². The first-order valence-corrected chi connectivity index (χ1v) is 10.3. The number of benzene rings is 2. The van der Waals surface area contributed by atoms with Gasteiger partial charge in [0.2, 0.25) is 5.91 Å². The highest BCUT2D eigenvalue weighted by molar-refractivity contribution is 5.95. The minimum Gasteiger partial charge on any atom is -0.497 e. The van der Waals surface area contributed by atoms with Crippen molar-refractivity contribution in [3.63, 3.8) is 0 Å². The highest BCUT2D eigenvalue weighted by Crippen LogP contribution is 2.24. The Balaban J connectivity index is 1.79. The quantitative estimate of drug-likeness (QED) is 0.638. The van der Waals surface area contributed by atoms with E-state index in [4.69, 9.17) is 4.74 Å². The van der Waals surface area contributed by atoms with Crippen LogP contribution in [0.25, 0.3) is 0 Å². The molecule has 1 aliphatic heterocycles. The average Bonchev–Trinajstić information content (AvgIpc) is 3.18. The van der Waals surface area contributed by atoms with Gasteiger partial charge in [0.25, 0.3) is 0 Å². The lowest BCUT2D eigenvalue weighted by atomic mass is 9.86. The van der Waals surface area contributed by atoms with Gasteiger partial charge in [0.1, 0.15) is 17.8 Å². The van der Waals surface area contributed by atoms with Gasteiger partial charge in [-0.15, -0.1) is 0 Å². The Hall–Kier alpha value is -3.35. The summed E-state index contributed by atoms with van der Waals surface area (Å²) in [5.74, 6) is 0.112. The van der Waals surface area contributed by atoms with E-state index >= 15 is 0 Å². The molecule has 7 heteroatoms. The Bertz CT molecular complexity index is 946. The number of ketones is 1. The molecule has 0 aromatic heterocycles. The molecule has 0 spiro atoms. The van der Waals surface area contributed by atoms with Crippen molar-refractivity contribution < 1.29 is 19.1 Å². The molecule has 1 saturated heterocycles. The summed E-state index contributed by atoms with van der Waals surface area (Å²) in [4.78, 5) is 37.3. The zero-order chi connectivity index (χ0) is 22.6. The first kappa shape index (κ1) is 22.3. The highest BCUT2D eigenvalue weighted by atomic mass is 16.5. The number of hydrogen-bond acceptors (Lipinski definition) is 4. The van der Waals surface area contributed by atoms with Gasteiger partial charge in [-0.2, -0.15) is 0 Å². The lowest BCUT2D eigenvalue weighted by Gasteiger charge is -2.21. The number of amides is 3. The molecule has 2 unspecified atom stereocenters. The molecular weight excluding hydrogens is 394 g/mol. The Kier molecular flexibility index (Phi) is 6.63. The summed E-state index contributed by atoms with van der Waals surface area (Å²) in [6.45, 7) is 6.60. The molecule has 0 aliphatic carbocycles. The number of methoxy groups -OCH3 is 1. The van der Waals surface area contributed by atoms with E-state index in [-0.39, 0.29) is 24.2 Å². The maximum absolute atomic E-state index is 13.2. The number of Topliss-reactive ketones (excluding diaryl/α,β-unsaturated/α-hetero) is 1. The van der Waals surface area contributed by atoms with Crippen LogP contribution in [0.1, 0.15) is 43.5 Å². The molecule has 2 aromatic carbocycles. The molecular formula is C24H29N3O4. The fourth-order valence-electron chi connectivity index (χ4n) is 3.43. The minimum absolute atomic E-state index is 0.0297. The second kappa shape index (κ2) is 9.20. The van der Waals surface area contributed by atoms with Crippen LogP contribution in [0.3, 0.4) is 0 Å². The Morgan fingerprint density at radius 3 is 2.26 bits per heavy atom. The van der Waals surface area contributed by atoms with E-state index < -0.39 is 24.0 Å². The van der Waals surface area contributed by atoms with E-state index in [1.165, 1.54) is 5.56 Å². The molecule has 1 heterocycles. The van der Waals surface area contributed by atoms with Gasteiger partial charge in [0.15, 0.2) is 5.78 Å². The van der Waals surface area contributed by atoms with E-state index in [9.17, 15) is 14.4 Å². The summed E-state index contributed by atoms with van der Waals surface area (Å²) in [5.41, 5.74) is 2.75. The van der Waals surface area contributed by atoms with Gasteiger partial charge in [-0.05, 0) is 34.2 Å². The monoisotopic (exact) mass is 423 g/mol. The summed E-state index contributed by atoms with van der Waals surface area (Å²) in [6, 6.07) is 13.0. The summed E-state index contributed by atoms with van der Waals surface area (Å²) >= 11 is 0. The van der Waals surface area contributed by atoms with Gasteiger partial charge in [0.05, 0.1) is 7.11 Å². The van der Waals surface area contributed by atoms with Crippen LogP contribution < -0.4 is 20.7 Å². The van der Waals surface area contributed by atoms with Crippen LogP contribution in [0.5, 0.6) is 5.75 Å². The van der Waals surface area contributed by atoms with Gasteiger partial charge >= 0.3 is 6.03 Å². The Labute approximate surface area is 182 Å². The topological polar surface area (TPSA) is 96.5 Å². The van der Waals surface area contributed by atoms with E-state index in [1.54, 1.807) is 31.4 Å². The van der Waals surface area contributed by atoms with Crippen LogP contribution in [0.2, 0.25) is 0 Å². The van der Waals surface area contributed by atoms with Crippen LogP contribution in [0, 0.1) is 0 Å². The molecule has 31 heavy (non-hydrogen) atoms. The Morgan fingerprint density at radius 1 is 1.10 bits per heavy atom. The molecule has 1 aliphatic rings. The molecule has 0 bridgehead atoms. The van der Waals surface area contributed by atoms with Crippen molar-refractivity contribution in [3.05, 3.63) is 65.2 Å². The second-order valence-corrected chi connectivity index (χ2v) is 8.71. The number of hydrogen-bond donors (Lipinski definition) is 3. The van der Waals surface area contributed by atoms with Gasteiger partial charge in [0, 0.05) is 13.0 Å². The smallest absolute Gasteiger partial charge is 0.315 e. The lowest BCUT2D eigenvalue weighted by Crippen LogP contribution is -2.46. The third kappa shape index (κ3) is 5.63. The first-order valence-electron chi connectivity index (χ1n) is 10.3. The fraction of sp³-hybridized carbons (Fsp3) is 0.375. The van der Waals surface area contributed by atoms with Crippen molar-refractivity contribution in [2.45, 2.75) is 44.7 Å². The van der Waals surface area contributed by atoms with Crippen LogP contribution >= 0.6 is 0 Å². The van der Waals surface area contributed by atoms with Crippen molar-refractivity contribution in [2.24, 2.45) is 0 Å². The third-order valence-electron chi connectivity index (χ3n) is 5.34. The van der Waals surface area contributed by atoms with Gasteiger partial charge in [-0.1, -0.05) is 57.2 Å². The number of carbonyl (C=O) groups excluding carboxylic acids is 3. The lowest BCUT2D eigenvalue weighted by molar-refractivity contribution is -0.128. The number of ether oxygens (including phenoxy) is 1. The van der Waals surface area contributed by atoms with Crippen LogP contribution in [0.15, 0.2) is 48.5 Å². The number of carbonyl (C=O) groups is 3. The predicted octanol–water partition coefficient (Wildman–Crippen LogP) is 2.64. The number of rotatable bonds is 7. The van der Waals surface area contributed by atoms with Crippen molar-refractivity contribution in [3.8, 4) is 5.75 Å². The Morgan fingerprint density at radius 2 is 1.74 bits per heavy atom. The maximum atomic E-state index is 13.2. The fourth-order valence-corrected chi connectivity index (χ4v) is 3.43. The van der Waals surface area contributed by atoms with E-state index in [0.717, 1.165) is 5.56 Å². The normalized spacial score (nSPS) is 16.8. The maximum Gasteiger partial charge on any atom is 0.315 e. The molecule has 3 rings (SSSR count). The number of nitrogens with one attached hydrogen (secondary N) is 3. The standard InChI is InChI=1S/C24H29N3O4/c1-24(2,3)17-9-5-15(6-10-17)13-20(28)21(16-7-11-18(31-4)12-8-16)27-22(29)19-14-25-23(30)26-19/h5-12,19,21H,13-14H2,1-4H3,(H,27,29)(H2,25,26,30). The van der Waals surface area contributed by atoms with Crippen molar-refractivity contribution in [1.82, 2.24) is 16.0 Å². The molecule has 2 atom stereocenters. The van der Waals surface area contributed by atoms with Gasteiger partial charge < -0.3 is 20.7 Å². The summed E-state index contributed by atoms with van der Waals surface area (Å²) in [7, 11) is 1.57. The molecule has 164 valence electrons. The molecule has 1 fully saturated rings. The zero-order valence-electron chi connectivity index (χ0n) is 18.3. The van der Waals surface area contributed by atoms with Gasteiger partial charge in [-0.3, -0.25) is 9.59 Å². The molecule has 2 aromatic rings. The molecule has 3 amide bonds. The summed E-state index contributed by atoms with van der Waals surface area (Å²) in [6.07, 6.45) is 0.177. The zero-order valence-corrected chi connectivity index (χ0v) is 18.3. The highest BCUT2D eigenvalue weighted by Gasteiger charge is 2.31. The minimum atomic E-state index is -0.835. The van der Waals surface area contributed by atoms with Crippen LogP contribution in [0.4, 0.5) is 4.79 Å². The summed E-state index contributed by atoms with van der Waals surface area (Å²) < 4.78 is 5.19. The summed E-state index contributed by atoms with van der Waals surface area (Å²) in [5, 5.41) is 7.90. The molecule has 7 nitrogen and oxygen atoms in total. The average molecular weight is 424 g/mol. The molecule has 3 N–H and O–H groups in total. The predicted molar refractivity (Wildman–Crippen MR) is 118 cm³/mol. The van der Waals surface area contributed by atoms with Crippen LogP contribution in [-0.4, -0.2) is 37.4 Å². The molecule has 0 radical (unpaired) electrons. The number of urea groups is 1. The van der Waals surface area contributed by atoms with Gasteiger partial charge in [-0.25, -0.2) is 4.79 Å². The van der Waals surface area contributed by atoms with Crippen molar-refractivity contribution in [2.75, 3.05) is 13.7 Å². The largest absolute Gasteiger partial charge is 0.497 e. The second-order valence-electron chi connectivity index (χ2n) is 8.71. The molecule has 0 saturated carbocycles. The third-order valence-corrected chi connectivity index (χ3v) is 5.34. The SMILES string of the molecule is COc1ccc(C(NC(=O)C2CNC(=O)N2)C(=O)Cc2ccc(C(C)(C)C)cc2)cc1. The van der Waals surface area contributed by atoms with Crippen LogP contribution in [-0.2, 0) is 21.4 Å². The van der Waals surface area contributed by atoms with E-state index in [0.29, 0.717) is 11.3 Å². The van der Waals surface area contributed by atoms with Crippen molar-refractivity contribution >= 4 is 17.7 Å². The first-order chi connectivity index (χ1) is 14.7. The van der Waals surface area contributed by atoms with Crippen molar-refractivity contribution in [1.29, 1.82) is 0 Å².